The third kappa shape index (κ3) is 6.27. The van der Waals surface area contributed by atoms with Gasteiger partial charge < -0.3 is 9.84 Å². The van der Waals surface area contributed by atoms with E-state index in [4.69, 9.17) is 4.74 Å². The van der Waals surface area contributed by atoms with E-state index in [9.17, 15) is 9.90 Å². The average Bonchev–Trinajstić information content (AvgIpc) is 2.77. The standard InChI is InChI=1S/C27H34O3S/c1-6-10-11-15-25(31-27(7-2,8-3)26(28)29)24-19-22(17-16-20(24)5)21-13-12-14-23(18-21)30-9-4/h10-19H,6-9H2,1-5H3,(H,28,29)/b11-10+,25-15+. The van der Waals surface area contributed by atoms with Gasteiger partial charge in [-0.2, -0.15) is 0 Å². The molecule has 2 aromatic rings. The van der Waals surface area contributed by atoms with Crippen LogP contribution in [-0.4, -0.2) is 22.4 Å². The van der Waals surface area contributed by atoms with Gasteiger partial charge in [-0.25, -0.2) is 0 Å². The number of thioether (sulfide) groups is 1. The molecule has 0 aliphatic carbocycles. The normalized spacial score (nSPS) is 12.4. The van der Waals surface area contributed by atoms with Gasteiger partial charge in [0.2, 0.25) is 0 Å². The van der Waals surface area contributed by atoms with Crippen LogP contribution in [0.4, 0.5) is 0 Å². The van der Waals surface area contributed by atoms with Crippen LogP contribution in [0.2, 0.25) is 0 Å². The number of allylic oxidation sites excluding steroid dienone is 3. The van der Waals surface area contributed by atoms with Gasteiger partial charge in [0.1, 0.15) is 10.5 Å². The number of carbonyl (C=O) groups is 1. The Balaban J connectivity index is 2.57. The minimum atomic E-state index is -0.844. The van der Waals surface area contributed by atoms with Crippen molar-refractivity contribution in [2.24, 2.45) is 0 Å². The summed E-state index contributed by atoms with van der Waals surface area (Å²) in [5, 5.41) is 9.99. The minimum absolute atomic E-state index is 0.563. The predicted molar refractivity (Wildman–Crippen MR) is 134 cm³/mol. The summed E-state index contributed by atoms with van der Waals surface area (Å²) in [6.07, 6.45) is 8.23. The lowest BCUT2D eigenvalue weighted by molar-refractivity contribution is -0.140. The summed E-state index contributed by atoms with van der Waals surface area (Å²) in [5.74, 6) is 0.0890. The lowest BCUT2D eigenvalue weighted by atomic mass is 9.99. The monoisotopic (exact) mass is 438 g/mol. The molecule has 3 nitrogen and oxygen atoms in total. The molecule has 0 aromatic heterocycles. The fourth-order valence-corrected chi connectivity index (χ4v) is 4.69. The van der Waals surface area contributed by atoms with Crippen LogP contribution >= 0.6 is 11.8 Å². The second-order valence-corrected chi connectivity index (χ2v) is 8.89. The van der Waals surface area contributed by atoms with Gasteiger partial charge in [-0.1, -0.05) is 57.2 Å². The molecule has 0 amide bonds. The van der Waals surface area contributed by atoms with Crippen molar-refractivity contribution in [2.75, 3.05) is 6.61 Å². The van der Waals surface area contributed by atoms with Crippen LogP contribution in [0.1, 0.15) is 58.1 Å². The van der Waals surface area contributed by atoms with Crippen molar-refractivity contribution in [2.45, 2.75) is 58.6 Å². The highest BCUT2D eigenvalue weighted by Crippen LogP contribution is 2.44. The van der Waals surface area contributed by atoms with Crippen LogP contribution in [0.25, 0.3) is 16.0 Å². The number of aliphatic carboxylic acids is 1. The van der Waals surface area contributed by atoms with Gasteiger partial charge in [0.15, 0.2) is 0 Å². The zero-order valence-electron chi connectivity index (χ0n) is 19.3. The maximum atomic E-state index is 12.2. The maximum absolute atomic E-state index is 12.2. The molecular formula is C27H34O3S. The Morgan fingerprint density at radius 2 is 1.77 bits per heavy atom. The zero-order valence-corrected chi connectivity index (χ0v) is 20.1. The summed E-state index contributed by atoms with van der Waals surface area (Å²) >= 11 is 1.46. The quantitative estimate of drug-likeness (QED) is 0.364. The van der Waals surface area contributed by atoms with Gasteiger partial charge in [0.05, 0.1) is 6.61 Å². The number of hydrogen-bond donors (Lipinski definition) is 1. The molecule has 0 heterocycles. The Morgan fingerprint density at radius 3 is 2.39 bits per heavy atom. The number of benzene rings is 2. The van der Waals surface area contributed by atoms with Crippen LogP contribution in [0.15, 0.2) is 60.7 Å². The van der Waals surface area contributed by atoms with Crippen LogP contribution in [0.3, 0.4) is 0 Å². The topological polar surface area (TPSA) is 46.5 Å². The maximum Gasteiger partial charge on any atom is 0.320 e. The first-order valence-electron chi connectivity index (χ1n) is 11.0. The molecule has 0 aliphatic rings. The van der Waals surface area contributed by atoms with E-state index in [2.05, 4.69) is 50.3 Å². The number of ether oxygens (including phenoxy) is 1. The summed E-state index contributed by atoms with van der Waals surface area (Å²) < 4.78 is 4.82. The van der Waals surface area contributed by atoms with E-state index in [0.717, 1.165) is 39.3 Å². The SMILES string of the molecule is CC/C=C/C=C(/SC(CC)(CC)C(=O)O)c1cc(-c2cccc(OCC)c2)ccc1C. The summed E-state index contributed by atoms with van der Waals surface area (Å²) in [5.41, 5.74) is 4.36. The summed E-state index contributed by atoms with van der Waals surface area (Å²) in [7, 11) is 0. The van der Waals surface area contributed by atoms with Crippen LogP contribution < -0.4 is 4.74 Å². The molecule has 0 aliphatic heterocycles. The third-order valence-corrected chi connectivity index (χ3v) is 7.16. The van der Waals surface area contributed by atoms with Crippen molar-refractivity contribution in [1.82, 2.24) is 0 Å². The number of carboxylic acid groups (broad SMARTS) is 1. The van der Waals surface area contributed by atoms with Gasteiger partial charge in [-0.3, -0.25) is 4.79 Å². The van der Waals surface area contributed by atoms with Crippen LogP contribution in [0.5, 0.6) is 5.75 Å². The van der Waals surface area contributed by atoms with Gasteiger partial charge in [-0.15, -0.1) is 11.8 Å². The van der Waals surface area contributed by atoms with E-state index in [1.54, 1.807) is 0 Å². The summed E-state index contributed by atoms with van der Waals surface area (Å²) in [4.78, 5) is 13.2. The molecule has 4 heteroatoms. The molecule has 2 rings (SSSR count). The van der Waals surface area contributed by atoms with E-state index < -0.39 is 10.7 Å². The van der Waals surface area contributed by atoms with Crippen molar-refractivity contribution in [3.8, 4) is 16.9 Å². The van der Waals surface area contributed by atoms with Gasteiger partial charge in [-0.05, 0) is 79.6 Å². The molecule has 0 radical (unpaired) electrons. The Kier molecular flexibility index (Phi) is 9.44. The van der Waals surface area contributed by atoms with Gasteiger partial charge in [0, 0.05) is 4.91 Å². The van der Waals surface area contributed by atoms with Crippen molar-refractivity contribution in [3.63, 3.8) is 0 Å². The summed E-state index contributed by atoms with van der Waals surface area (Å²) in [6.45, 7) is 10.7. The highest BCUT2D eigenvalue weighted by atomic mass is 32.2. The van der Waals surface area contributed by atoms with E-state index in [-0.39, 0.29) is 0 Å². The lowest BCUT2D eigenvalue weighted by Gasteiger charge is -2.28. The Labute approximate surface area is 191 Å². The zero-order chi connectivity index (χ0) is 22.9. The van der Waals surface area contributed by atoms with E-state index in [1.807, 2.05) is 45.0 Å². The van der Waals surface area contributed by atoms with Crippen molar-refractivity contribution < 1.29 is 14.6 Å². The smallest absolute Gasteiger partial charge is 0.320 e. The molecule has 0 spiro atoms. The van der Waals surface area contributed by atoms with Crippen molar-refractivity contribution in [3.05, 3.63) is 71.8 Å². The van der Waals surface area contributed by atoms with Crippen molar-refractivity contribution >= 4 is 22.6 Å². The molecule has 0 saturated carbocycles. The molecule has 1 N–H and O–H groups in total. The highest BCUT2D eigenvalue weighted by Gasteiger charge is 2.37. The molecule has 2 aromatic carbocycles. The Morgan fingerprint density at radius 1 is 1.06 bits per heavy atom. The minimum Gasteiger partial charge on any atom is -0.494 e. The van der Waals surface area contributed by atoms with E-state index in [1.165, 1.54) is 11.8 Å². The fourth-order valence-electron chi connectivity index (χ4n) is 3.42. The number of carboxylic acids is 1. The highest BCUT2D eigenvalue weighted by molar-refractivity contribution is 8.10. The second-order valence-electron chi connectivity index (χ2n) is 7.47. The van der Waals surface area contributed by atoms with Crippen molar-refractivity contribution in [1.29, 1.82) is 0 Å². The molecule has 0 atom stereocenters. The third-order valence-electron chi connectivity index (χ3n) is 5.44. The lowest BCUT2D eigenvalue weighted by Crippen LogP contribution is -2.33. The van der Waals surface area contributed by atoms with E-state index >= 15 is 0 Å². The number of aryl methyl sites for hydroxylation is 1. The Bertz CT molecular complexity index is 939. The van der Waals surface area contributed by atoms with Gasteiger partial charge >= 0.3 is 5.97 Å². The van der Waals surface area contributed by atoms with Gasteiger partial charge in [0.25, 0.3) is 0 Å². The molecule has 0 saturated heterocycles. The van der Waals surface area contributed by atoms with Crippen LogP contribution in [0, 0.1) is 6.92 Å². The fraction of sp³-hybridized carbons (Fsp3) is 0.370. The number of rotatable bonds is 11. The molecule has 31 heavy (non-hydrogen) atoms. The molecule has 166 valence electrons. The predicted octanol–water partition coefficient (Wildman–Crippen LogP) is 7.74. The second kappa shape index (κ2) is 11.8. The first-order chi connectivity index (χ1) is 14.9. The molecule has 0 unspecified atom stereocenters. The summed E-state index contributed by atoms with van der Waals surface area (Å²) in [6, 6.07) is 14.5. The molecule has 0 bridgehead atoms. The number of hydrogen-bond acceptors (Lipinski definition) is 3. The van der Waals surface area contributed by atoms with E-state index in [0.29, 0.717) is 19.4 Å². The first-order valence-corrected chi connectivity index (χ1v) is 11.9. The first kappa shape index (κ1) is 24.8. The Hall–Kier alpha value is -2.46. The molecule has 0 fully saturated rings. The molecular weight excluding hydrogens is 404 g/mol. The largest absolute Gasteiger partial charge is 0.494 e. The average molecular weight is 439 g/mol. The van der Waals surface area contributed by atoms with Crippen LogP contribution in [-0.2, 0) is 4.79 Å².